The van der Waals surface area contributed by atoms with Gasteiger partial charge >= 0.3 is 12.0 Å². The number of carbonyl (C=O) groups is 2. The Morgan fingerprint density at radius 2 is 1.89 bits per heavy atom. The first-order valence-corrected chi connectivity index (χ1v) is 6.10. The lowest BCUT2D eigenvalue weighted by Crippen LogP contribution is -2.42. The average Bonchev–Trinajstić information content (AvgIpc) is 2.38. The number of carboxylic acid groups (broad SMARTS) is 1. The number of benzene rings is 1. The molecule has 0 bridgehead atoms. The van der Waals surface area contributed by atoms with E-state index in [0.717, 1.165) is 0 Å². The van der Waals surface area contributed by atoms with Crippen LogP contribution in [-0.2, 0) is 4.79 Å². The topological polar surface area (TPSA) is 87.7 Å². The van der Waals surface area contributed by atoms with Crippen LogP contribution in [0, 0.1) is 0 Å². The zero-order valence-electron chi connectivity index (χ0n) is 11.0. The molecule has 1 aromatic carbocycles. The van der Waals surface area contributed by atoms with E-state index < -0.39 is 18.0 Å². The molecule has 1 atom stereocenters. The van der Waals surface area contributed by atoms with Crippen LogP contribution in [0.25, 0.3) is 0 Å². The van der Waals surface area contributed by atoms with E-state index in [1.807, 2.05) is 6.92 Å². The fourth-order valence-corrected chi connectivity index (χ4v) is 1.47. The number of anilines is 1. The minimum absolute atomic E-state index is 0.325. The van der Waals surface area contributed by atoms with Crippen LogP contribution in [-0.4, -0.2) is 29.8 Å². The molecule has 6 nitrogen and oxygen atoms in total. The van der Waals surface area contributed by atoms with Gasteiger partial charge in [-0.1, -0.05) is 6.92 Å². The number of carbonyl (C=O) groups excluding carboxylic acids is 1. The quantitative estimate of drug-likeness (QED) is 0.735. The summed E-state index contributed by atoms with van der Waals surface area (Å²) in [5, 5.41) is 13.8. The van der Waals surface area contributed by atoms with Crippen molar-refractivity contribution >= 4 is 17.7 Å². The molecular weight excluding hydrogens is 248 g/mol. The van der Waals surface area contributed by atoms with Gasteiger partial charge in [0.25, 0.3) is 0 Å². The molecule has 0 heterocycles. The molecule has 0 spiro atoms. The van der Waals surface area contributed by atoms with Gasteiger partial charge in [-0.2, -0.15) is 0 Å². The van der Waals surface area contributed by atoms with Crippen molar-refractivity contribution in [2.24, 2.45) is 0 Å². The number of urea groups is 1. The maximum atomic E-state index is 11.6. The molecule has 1 aromatic rings. The monoisotopic (exact) mass is 266 g/mol. The molecule has 0 radical (unpaired) electrons. The number of hydrogen-bond acceptors (Lipinski definition) is 3. The molecule has 0 aliphatic heterocycles. The normalized spacial score (nSPS) is 11.5. The molecule has 0 aliphatic carbocycles. The Balaban J connectivity index is 2.54. The first kappa shape index (κ1) is 14.8. The highest BCUT2D eigenvalue weighted by molar-refractivity contribution is 5.92. The van der Waals surface area contributed by atoms with Gasteiger partial charge in [0.2, 0.25) is 0 Å². The van der Waals surface area contributed by atoms with Crippen LogP contribution < -0.4 is 15.4 Å². The highest BCUT2D eigenvalue weighted by atomic mass is 16.5. The smallest absolute Gasteiger partial charge is 0.326 e. The van der Waals surface area contributed by atoms with Gasteiger partial charge < -0.3 is 20.5 Å². The van der Waals surface area contributed by atoms with Crippen LogP contribution in [0.3, 0.4) is 0 Å². The van der Waals surface area contributed by atoms with Crippen LogP contribution in [0.15, 0.2) is 24.3 Å². The molecule has 0 aromatic heterocycles. The van der Waals surface area contributed by atoms with Crippen LogP contribution in [0.4, 0.5) is 10.5 Å². The number of carboxylic acids is 1. The van der Waals surface area contributed by atoms with Crippen molar-refractivity contribution in [2.45, 2.75) is 26.3 Å². The van der Waals surface area contributed by atoms with Gasteiger partial charge in [0.15, 0.2) is 0 Å². The minimum Gasteiger partial charge on any atom is -0.494 e. The number of rotatable bonds is 6. The summed E-state index contributed by atoms with van der Waals surface area (Å²) in [7, 11) is 0. The standard InChI is InChI=1S/C13H18N2O4/c1-3-11(12(16)17)15-13(18)14-9-5-7-10(8-6-9)19-4-2/h5-8,11H,3-4H2,1-2H3,(H,16,17)(H2,14,15,18)/t11-/m1/s1. The van der Waals surface area contributed by atoms with Gasteiger partial charge in [-0.05, 0) is 37.6 Å². The molecule has 0 saturated heterocycles. The lowest BCUT2D eigenvalue weighted by atomic mass is 10.2. The third-order valence-corrected chi connectivity index (χ3v) is 2.43. The van der Waals surface area contributed by atoms with Crippen LogP contribution in [0.5, 0.6) is 5.75 Å². The van der Waals surface area contributed by atoms with Gasteiger partial charge in [0.1, 0.15) is 11.8 Å². The zero-order valence-corrected chi connectivity index (χ0v) is 11.0. The predicted octanol–water partition coefficient (Wildman–Crippen LogP) is 2.07. The maximum absolute atomic E-state index is 11.6. The lowest BCUT2D eigenvalue weighted by molar-refractivity contribution is -0.139. The number of aliphatic carboxylic acids is 1. The second-order valence-corrected chi connectivity index (χ2v) is 3.85. The van der Waals surface area contributed by atoms with Crippen molar-refractivity contribution in [3.05, 3.63) is 24.3 Å². The predicted molar refractivity (Wildman–Crippen MR) is 71.5 cm³/mol. The van der Waals surface area contributed by atoms with Crippen molar-refractivity contribution < 1.29 is 19.4 Å². The summed E-state index contributed by atoms with van der Waals surface area (Å²) in [5.41, 5.74) is 0.571. The molecule has 2 amide bonds. The summed E-state index contributed by atoms with van der Waals surface area (Å²) < 4.78 is 5.27. The van der Waals surface area contributed by atoms with Gasteiger partial charge in [0.05, 0.1) is 6.61 Å². The molecule has 19 heavy (non-hydrogen) atoms. The first-order valence-electron chi connectivity index (χ1n) is 6.10. The van der Waals surface area contributed by atoms with Crippen LogP contribution in [0.1, 0.15) is 20.3 Å². The Morgan fingerprint density at radius 1 is 1.26 bits per heavy atom. The van der Waals surface area contributed by atoms with Crippen molar-refractivity contribution in [2.75, 3.05) is 11.9 Å². The summed E-state index contributed by atoms with van der Waals surface area (Å²) in [6, 6.07) is 5.40. The first-order chi connectivity index (χ1) is 9.06. The highest BCUT2D eigenvalue weighted by Gasteiger charge is 2.17. The molecule has 0 unspecified atom stereocenters. The molecule has 1 rings (SSSR count). The fourth-order valence-electron chi connectivity index (χ4n) is 1.47. The van der Waals surface area contributed by atoms with Gasteiger partial charge in [0, 0.05) is 5.69 Å². The Morgan fingerprint density at radius 3 is 2.37 bits per heavy atom. The third-order valence-electron chi connectivity index (χ3n) is 2.43. The van der Waals surface area contributed by atoms with E-state index in [2.05, 4.69) is 10.6 Å². The molecule has 0 saturated carbocycles. The Bertz CT molecular complexity index is 431. The molecule has 0 aliphatic rings. The van der Waals surface area contributed by atoms with Crippen molar-refractivity contribution in [3.8, 4) is 5.75 Å². The van der Waals surface area contributed by atoms with Crippen LogP contribution in [0.2, 0.25) is 0 Å². The Kier molecular flexibility index (Phi) is 5.66. The number of ether oxygens (including phenoxy) is 1. The Hall–Kier alpha value is -2.24. The number of hydrogen-bond donors (Lipinski definition) is 3. The molecule has 6 heteroatoms. The zero-order chi connectivity index (χ0) is 14.3. The molecular formula is C13H18N2O4. The summed E-state index contributed by atoms with van der Waals surface area (Å²) in [5.74, 6) is -0.338. The molecule has 104 valence electrons. The van der Waals surface area contributed by atoms with E-state index in [1.165, 1.54) is 0 Å². The fraction of sp³-hybridized carbons (Fsp3) is 0.385. The van der Waals surface area contributed by atoms with E-state index >= 15 is 0 Å². The van der Waals surface area contributed by atoms with Gasteiger partial charge in [-0.15, -0.1) is 0 Å². The second kappa shape index (κ2) is 7.25. The second-order valence-electron chi connectivity index (χ2n) is 3.85. The van der Waals surface area contributed by atoms with E-state index in [-0.39, 0.29) is 0 Å². The number of amides is 2. The SMILES string of the molecule is CCOc1ccc(NC(=O)N[C@H](CC)C(=O)O)cc1. The summed E-state index contributed by atoms with van der Waals surface area (Å²) in [6.07, 6.45) is 0.325. The van der Waals surface area contributed by atoms with E-state index in [1.54, 1.807) is 31.2 Å². The summed E-state index contributed by atoms with van der Waals surface area (Å²) in [4.78, 5) is 22.4. The van der Waals surface area contributed by atoms with E-state index in [0.29, 0.717) is 24.5 Å². The largest absolute Gasteiger partial charge is 0.494 e. The van der Waals surface area contributed by atoms with E-state index in [9.17, 15) is 9.59 Å². The van der Waals surface area contributed by atoms with E-state index in [4.69, 9.17) is 9.84 Å². The van der Waals surface area contributed by atoms with Crippen molar-refractivity contribution in [3.63, 3.8) is 0 Å². The third kappa shape index (κ3) is 4.87. The number of nitrogens with one attached hydrogen (secondary N) is 2. The Labute approximate surface area is 111 Å². The van der Waals surface area contributed by atoms with Gasteiger partial charge in [-0.3, -0.25) is 0 Å². The van der Waals surface area contributed by atoms with Crippen molar-refractivity contribution in [1.29, 1.82) is 0 Å². The van der Waals surface area contributed by atoms with Gasteiger partial charge in [-0.25, -0.2) is 9.59 Å². The summed E-state index contributed by atoms with van der Waals surface area (Å²) >= 11 is 0. The van der Waals surface area contributed by atoms with Crippen molar-refractivity contribution in [1.82, 2.24) is 5.32 Å². The minimum atomic E-state index is -1.05. The summed E-state index contributed by atoms with van der Waals surface area (Å²) in [6.45, 7) is 4.15. The average molecular weight is 266 g/mol. The van der Waals surface area contributed by atoms with Crippen LogP contribution >= 0.6 is 0 Å². The molecule has 0 fully saturated rings. The highest BCUT2D eigenvalue weighted by Crippen LogP contribution is 2.15. The maximum Gasteiger partial charge on any atom is 0.326 e. The lowest BCUT2D eigenvalue weighted by Gasteiger charge is -2.13. The molecule has 3 N–H and O–H groups in total.